The summed E-state index contributed by atoms with van der Waals surface area (Å²) >= 11 is 0. The van der Waals surface area contributed by atoms with Crippen molar-refractivity contribution in [1.29, 1.82) is 0 Å². The summed E-state index contributed by atoms with van der Waals surface area (Å²) in [6, 6.07) is 13.2. The second kappa shape index (κ2) is 9.52. The zero-order valence-corrected chi connectivity index (χ0v) is 15.5. The van der Waals surface area contributed by atoms with Crippen LogP contribution >= 0.6 is 0 Å². The van der Waals surface area contributed by atoms with Crippen LogP contribution in [-0.4, -0.2) is 28.9 Å². The number of hydrogen-bond donors (Lipinski definition) is 3. The number of hydrogen-bond acceptors (Lipinski definition) is 3. The van der Waals surface area contributed by atoms with E-state index < -0.39 is 12.0 Å². The van der Waals surface area contributed by atoms with Crippen LogP contribution in [0.25, 0.3) is 0 Å². The highest BCUT2D eigenvalue weighted by Gasteiger charge is 2.21. The van der Waals surface area contributed by atoms with Gasteiger partial charge < -0.3 is 15.7 Å². The van der Waals surface area contributed by atoms with Crippen molar-refractivity contribution in [1.82, 2.24) is 5.32 Å². The van der Waals surface area contributed by atoms with Gasteiger partial charge in [-0.25, -0.2) is 4.79 Å². The number of rotatable bonds is 8. The molecule has 2 aromatic rings. The molecule has 27 heavy (non-hydrogen) atoms. The molecule has 0 saturated carbocycles. The van der Waals surface area contributed by atoms with Crippen LogP contribution in [0.1, 0.15) is 41.3 Å². The van der Waals surface area contributed by atoms with Gasteiger partial charge in [0.1, 0.15) is 6.04 Å². The Morgan fingerprint density at radius 3 is 2.41 bits per heavy atom. The third-order valence-electron chi connectivity index (χ3n) is 4.18. The molecular weight excluding hydrogens is 344 g/mol. The lowest BCUT2D eigenvalue weighted by molar-refractivity contribution is -0.126. The number of anilines is 1. The lowest BCUT2D eigenvalue weighted by atomic mass is 10.1. The van der Waals surface area contributed by atoms with Gasteiger partial charge in [0, 0.05) is 5.69 Å². The van der Waals surface area contributed by atoms with E-state index in [0.717, 1.165) is 17.5 Å². The maximum absolute atomic E-state index is 12.7. The van der Waals surface area contributed by atoms with Crippen molar-refractivity contribution in [2.75, 3.05) is 5.32 Å². The number of benzene rings is 2. The second-order valence-corrected chi connectivity index (χ2v) is 6.40. The molecule has 0 aliphatic rings. The Morgan fingerprint density at radius 2 is 1.78 bits per heavy atom. The summed E-state index contributed by atoms with van der Waals surface area (Å²) < 4.78 is 0. The second-order valence-electron chi connectivity index (χ2n) is 6.40. The highest BCUT2D eigenvalue weighted by Crippen LogP contribution is 2.18. The van der Waals surface area contributed by atoms with Gasteiger partial charge in [0.05, 0.1) is 12.0 Å². The Labute approximate surface area is 158 Å². The standard InChI is InChI=1S/C21H24N2O4/c1-3-7-17(22-19(24)12-15-8-5-4-6-9-15)20(25)23-18-13-16(21(26)27)11-10-14(18)2/h4-6,8-11,13,17H,3,7,12H2,1-2H3,(H,22,24)(H,23,25)(H,26,27). The predicted octanol–water partition coefficient (Wildman–Crippen LogP) is 3.16. The van der Waals surface area contributed by atoms with Gasteiger partial charge in [-0.15, -0.1) is 0 Å². The molecule has 6 heteroatoms. The largest absolute Gasteiger partial charge is 0.478 e. The smallest absolute Gasteiger partial charge is 0.335 e. The minimum absolute atomic E-state index is 0.0936. The van der Waals surface area contributed by atoms with E-state index in [1.165, 1.54) is 12.1 Å². The molecular formula is C21H24N2O4. The van der Waals surface area contributed by atoms with Crippen LogP contribution < -0.4 is 10.6 Å². The van der Waals surface area contributed by atoms with Crippen molar-refractivity contribution in [3.05, 3.63) is 65.2 Å². The van der Waals surface area contributed by atoms with E-state index in [2.05, 4.69) is 10.6 Å². The maximum atomic E-state index is 12.7. The molecule has 2 amide bonds. The first-order valence-electron chi connectivity index (χ1n) is 8.88. The van der Waals surface area contributed by atoms with E-state index in [0.29, 0.717) is 12.1 Å². The minimum Gasteiger partial charge on any atom is -0.478 e. The van der Waals surface area contributed by atoms with E-state index in [-0.39, 0.29) is 23.8 Å². The molecule has 0 aliphatic carbocycles. The summed E-state index contributed by atoms with van der Waals surface area (Å²) in [5, 5.41) is 14.6. The zero-order valence-electron chi connectivity index (χ0n) is 15.5. The molecule has 6 nitrogen and oxygen atoms in total. The zero-order chi connectivity index (χ0) is 19.8. The van der Waals surface area contributed by atoms with Crippen molar-refractivity contribution in [3.8, 4) is 0 Å². The normalized spacial score (nSPS) is 11.5. The van der Waals surface area contributed by atoms with E-state index in [4.69, 9.17) is 5.11 Å². The van der Waals surface area contributed by atoms with Gasteiger partial charge in [-0.1, -0.05) is 49.7 Å². The molecule has 1 atom stereocenters. The first-order chi connectivity index (χ1) is 12.9. The lowest BCUT2D eigenvalue weighted by Crippen LogP contribution is -2.44. The number of carbonyl (C=O) groups is 3. The van der Waals surface area contributed by atoms with Gasteiger partial charge in [-0.2, -0.15) is 0 Å². The highest BCUT2D eigenvalue weighted by molar-refractivity contribution is 5.99. The van der Waals surface area contributed by atoms with Crippen molar-refractivity contribution < 1.29 is 19.5 Å². The molecule has 0 aromatic heterocycles. The SMILES string of the molecule is CCCC(NC(=O)Cc1ccccc1)C(=O)Nc1cc(C(=O)O)ccc1C. The minimum atomic E-state index is -1.06. The van der Waals surface area contributed by atoms with Crippen molar-refractivity contribution >= 4 is 23.5 Å². The predicted molar refractivity (Wildman–Crippen MR) is 104 cm³/mol. The summed E-state index contributed by atoms with van der Waals surface area (Å²) in [4.78, 5) is 36.1. The molecule has 142 valence electrons. The third kappa shape index (κ3) is 5.95. The lowest BCUT2D eigenvalue weighted by Gasteiger charge is -2.19. The summed E-state index contributed by atoms with van der Waals surface area (Å²) in [5.41, 5.74) is 2.14. The summed E-state index contributed by atoms with van der Waals surface area (Å²) in [7, 11) is 0. The number of amides is 2. The van der Waals surface area contributed by atoms with E-state index in [9.17, 15) is 14.4 Å². The number of nitrogens with one attached hydrogen (secondary N) is 2. The van der Waals surface area contributed by atoms with E-state index in [1.807, 2.05) is 37.3 Å². The average Bonchev–Trinajstić information content (AvgIpc) is 2.63. The van der Waals surface area contributed by atoms with Crippen LogP contribution in [-0.2, 0) is 16.0 Å². The van der Waals surface area contributed by atoms with Crippen LogP contribution in [0.3, 0.4) is 0 Å². The molecule has 2 rings (SSSR count). The first-order valence-corrected chi connectivity index (χ1v) is 8.88. The molecule has 0 bridgehead atoms. The molecule has 0 aliphatic heterocycles. The number of aryl methyl sites for hydroxylation is 1. The van der Waals surface area contributed by atoms with Gasteiger partial charge in [0.25, 0.3) is 0 Å². The molecule has 0 spiro atoms. The number of carbonyl (C=O) groups excluding carboxylic acids is 2. The van der Waals surface area contributed by atoms with Crippen LogP contribution in [0.5, 0.6) is 0 Å². The Bertz CT molecular complexity index is 818. The number of carboxylic acid groups (broad SMARTS) is 1. The molecule has 2 aromatic carbocycles. The molecule has 0 saturated heterocycles. The highest BCUT2D eigenvalue weighted by atomic mass is 16.4. The Kier molecular flexibility index (Phi) is 7.11. The quantitative estimate of drug-likeness (QED) is 0.667. The third-order valence-corrected chi connectivity index (χ3v) is 4.18. The van der Waals surface area contributed by atoms with Gasteiger partial charge in [-0.3, -0.25) is 9.59 Å². The summed E-state index contributed by atoms with van der Waals surface area (Å²) in [6.45, 7) is 3.71. The summed E-state index contributed by atoms with van der Waals surface area (Å²) in [6.07, 6.45) is 1.41. The van der Waals surface area contributed by atoms with Crippen molar-refractivity contribution in [3.63, 3.8) is 0 Å². The van der Waals surface area contributed by atoms with Crippen molar-refractivity contribution in [2.45, 2.75) is 39.2 Å². The Hall–Kier alpha value is -3.15. The Morgan fingerprint density at radius 1 is 1.07 bits per heavy atom. The van der Waals surface area contributed by atoms with Gasteiger partial charge in [-0.05, 0) is 36.6 Å². The van der Waals surface area contributed by atoms with Crippen LogP contribution in [0, 0.1) is 6.92 Å². The first kappa shape index (κ1) is 20.2. The van der Waals surface area contributed by atoms with Crippen LogP contribution in [0.4, 0.5) is 5.69 Å². The topological polar surface area (TPSA) is 95.5 Å². The van der Waals surface area contributed by atoms with Gasteiger partial charge >= 0.3 is 5.97 Å². The molecule has 0 fully saturated rings. The molecule has 3 N–H and O–H groups in total. The molecule has 0 radical (unpaired) electrons. The number of aromatic carboxylic acids is 1. The fraction of sp³-hybridized carbons (Fsp3) is 0.286. The van der Waals surface area contributed by atoms with Gasteiger partial charge in [0.15, 0.2) is 0 Å². The maximum Gasteiger partial charge on any atom is 0.335 e. The van der Waals surface area contributed by atoms with Crippen molar-refractivity contribution in [2.24, 2.45) is 0 Å². The monoisotopic (exact) mass is 368 g/mol. The summed E-state index contributed by atoms with van der Waals surface area (Å²) in [5.74, 6) is -1.65. The molecule has 0 heterocycles. The number of carboxylic acids is 1. The van der Waals surface area contributed by atoms with E-state index in [1.54, 1.807) is 13.0 Å². The molecule has 1 unspecified atom stereocenters. The fourth-order valence-corrected chi connectivity index (χ4v) is 2.69. The Balaban J connectivity index is 2.07. The fourth-order valence-electron chi connectivity index (χ4n) is 2.69. The van der Waals surface area contributed by atoms with E-state index >= 15 is 0 Å². The van der Waals surface area contributed by atoms with Gasteiger partial charge in [0.2, 0.25) is 11.8 Å². The average molecular weight is 368 g/mol. The van der Waals surface area contributed by atoms with Crippen LogP contribution in [0.15, 0.2) is 48.5 Å². The van der Waals surface area contributed by atoms with Crippen LogP contribution in [0.2, 0.25) is 0 Å².